The molecule has 0 aliphatic carbocycles. The van der Waals surface area contributed by atoms with Gasteiger partial charge in [-0.15, -0.1) is 0 Å². The van der Waals surface area contributed by atoms with Crippen LogP contribution in [0.15, 0.2) is 23.2 Å². The van der Waals surface area contributed by atoms with Crippen molar-refractivity contribution in [2.24, 2.45) is 10.9 Å². The number of likely N-dealkylation sites (tertiary alicyclic amines) is 1. The van der Waals surface area contributed by atoms with Gasteiger partial charge in [-0.1, -0.05) is 29.3 Å². The fourth-order valence-electron chi connectivity index (χ4n) is 3.09. The molecule has 1 N–H and O–H groups in total. The van der Waals surface area contributed by atoms with E-state index in [0.29, 0.717) is 24.2 Å². The van der Waals surface area contributed by atoms with E-state index in [1.165, 1.54) is 0 Å². The Morgan fingerprint density at radius 3 is 2.92 bits per heavy atom. The Labute approximate surface area is 166 Å². The van der Waals surface area contributed by atoms with Crippen LogP contribution in [-0.4, -0.2) is 64.5 Å². The molecule has 146 valence electrons. The quantitative estimate of drug-likeness (QED) is 0.390. The molecule has 0 amide bonds. The van der Waals surface area contributed by atoms with Crippen LogP contribution in [0, 0.1) is 5.92 Å². The average molecular weight is 402 g/mol. The van der Waals surface area contributed by atoms with E-state index < -0.39 is 0 Å². The normalized spacial score (nSPS) is 17.8. The zero-order valence-electron chi connectivity index (χ0n) is 15.6. The van der Waals surface area contributed by atoms with Gasteiger partial charge in [0.1, 0.15) is 0 Å². The van der Waals surface area contributed by atoms with E-state index in [4.69, 9.17) is 32.7 Å². The summed E-state index contributed by atoms with van der Waals surface area (Å²) in [6, 6.07) is 5.67. The van der Waals surface area contributed by atoms with Gasteiger partial charge in [0.15, 0.2) is 5.96 Å². The van der Waals surface area contributed by atoms with Crippen LogP contribution in [0.3, 0.4) is 0 Å². The van der Waals surface area contributed by atoms with Crippen LogP contribution in [0.25, 0.3) is 0 Å². The first kappa shape index (κ1) is 21.3. The molecule has 1 unspecified atom stereocenters. The maximum absolute atomic E-state index is 6.22. The van der Waals surface area contributed by atoms with Crippen LogP contribution in [0.1, 0.15) is 18.4 Å². The highest BCUT2D eigenvalue weighted by Gasteiger charge is 2.24. The third-order valence-electron chi connectivity index (χ3n) is 4.50. The first-order valence-corrected chi connectivity index (χ1v) is 9.85. The molecule has 1 aliphatic heterocycles. The molecule has 1 atom stereocenters. The predicted molar refractivity (Wildman–Crippen MR) is 109 cm³/mol. The Morgan fingerprint density at radius 1 is 1.35 bits per heavy atom. The Bertz CT molecular complexity index is 584. The van der Waals surface area contributed by atoms with E-state index in [0.717, 1.165) is 62.0 Å². The van der Waals surface area contributed by atoms with Gasteiger partial charge < -0.3 is 19.7 Å². The van der Waals surface area contributed by atoms with Crippen molar-refractivity contribution < 1.29 is 9.47 Å². The summed E-state index contributed by atoms with van der Waals surface area (Å²) in [5.74, 6) is 1.52. The Morgan fingerprint density at radius 2 is 2.19 bits per heavy atom. The molecule has 1 aromatic rings. The number of aryl methyl sites for hydroxylation is 1. The fraction of sp³-hybridized carbons (Fsp3) is 0.632. The third kappa shape index (κ3) is 6.95. The molecule has 5 nitrogen and oxygen atoms in total. The van der Waals surface area contributed by atoms with Gasteiger partial charge in [-0.05, 0) is 37.0 Å². The number of guanidine groups is 1. The highest BCUT2D eigenvalue weighted by atomic mass is 35.5. The number of ether oxygens (including phenoxy) is 2. The van der Waals surface area contributed by atoms with Crippen molar-refractivity contribution in [3.8, 4) is 0 Å². The van der Waals surface area contributed by atoms with Gasteiger partial charge in [-0.2, -0.15) is 0 Å². The van der Waals surface area contributed by atoms with E-state index in [9.17, 15) is 0 Å². The summed E-state index contributed by atoms with van der Waals surface area (Å²) < 4.78 is 10.7. The second kappa shape index (κ2) is 11.7. The zero-order chi connectivity index (χ0) is 18.8. The minimum Gasteiger partial charge on any atom is -0.382 e. The highest BCUT2D eigenvalue weighted by molar-refractivity contribution is 6.35. The van der Waals surface area contributed by atoms with Crippen molar-refractivity contribution in [1.29, 1.82) is 0 Å². The molecule has 7 heteroatoms. The maximum atomic E-state index is 6.22. The van der Waals surface area contributed by atoms with E-state index in [1.807, 2.05) is 19.2 Å². The summed E-state index contributed by atoms with van der Waals surface area (Å²) in [4.78, 5) is 6.72. The summed E-state index contributed by atoms with van der Waals surface area (Å²) >= 11 is 12.2. The Balaban J connectivity index is 1.68. The van der Waals surface area contributed by atoms with Crippen molar-refractivity contribution in [3.05, 3.63) is 33.8 Å². The van der Waals surface area contributed by atoms with Crippen LogP contribution >= 0.6 is 23.2 Å². The van der Waals surface area contributed by atoms with Gasteiger partial charge in [-0.3, -0.25) is 4.99 Å². The molecule has 0 bridgehead atoms. The molecule has 1 saturated heterocycles. The second-order valence-corrected chi connectivity index (χ2v) is 7.33. The molecule has 0 saturated carbocycles. The van der Waals surface area contributed by atoms with E-state index in [-0.39, 0.29) is 0 Å². The Kier molecular flexibility index (Phi) is 9.54. The van der Waals surface area contributed by atoms with Crippen molar-refractivity contribution in [2.75, 3.05) is 53.6 Å². The third-order valence-corrected chi connectivity index (χ3v) is 5.09. The van der Waals surface area contributed by atoms with Gasteiger partial charge in [0.05, 0.1) is 19.8 Å². The molecule has 0 spiro atoms. The summed E-state index contributed by atoms with van der Waals surface area (Å²) in [5, 5.41) is 4.86. The van der Waals surface area contributed by atoms with E-state index in [1.54, 1.807) is 13.2 Å². The first-order valence-electron chi connectivity index (χ1n) is 9.10. The maximum Gasteiger partial charge on any atom is 0.193 e. The molecule has 26 heavy (non-hydrogen) atoms. The largest absolute Gasteiger partial charge is 0.382 e. The summed E-state index contributed by atoms with van der Waals surface area (Å²) in [6.07, 6.45) is 3.03. The van der Waals surface area contributed by atoms with Crippen molar-refractivity contribution in [1.82, 2.24) is 10.2 Å². The van der Waals surface area contributed by atoms with Gasteiger partial charge in [0, 0.05) is 49.8 Å². The van der Waals surface area contributed by atoms with Gasteiger partial charge in [0.2, 0.25) is 0 Å². The Hall–Kier alpha value is -1.01. The SMILES string of the molecule is CN=C(NCCCc1ccc(Cl)cc1Cl)N1CCC(COCCOC)C1. The predicted octanol–water partition coefficient (Wildman–Crippen LogP) is 3.49. The van der Waals surface area contributed by atoms with Crippen LogP contribution in [0.5, 0.6) is 0 Å². The average Bonchev–Trinajstić information content (AvgIpc) is 3.09. The fourth-order valence-corrected chi connectivity index (χ4v) is 3.59. The lowest BCUT2D eigenvalue weighted by Crippen LogP contribution is -2.40. The topological polar surface area (TPSA) is 46.1 Å². The van der Waals surface area contributed by atoms with E-state index in [2.05, 4.69) is 15.2 Å². The first-order chi connectivity index (χ1) is 12.6. The summed E-state index contributed by atoms with van der Waals surface area (Å²) in [5.41, 5.74) is 1.13. The minimum atomic E-state index is 0.554. The number of hydrogen-bond donors (Lipinski definition) is 1. The lowest BCUT2D eigenvalue weighted by Gasteiger charge is -2.21. The monoisotopic (exact) mass is 401 g/mol. The number of methoxy groups -OCH3 is 1. The number of nitrogens with one attached hydrogen (secondary N) is 1. The lowest BCUT2D eigenvalue weighted by molar-refractivity contribution is 0.0536. The number of halogens is 2. The lowest BCUT2D eigenvalue weighted by atomic mass is 10.1. The van der Waals surface area contributed by atoms with Crippen molar-refractivity contribution in [3.63, 3.8) is 0 Å². The smallest absolute Gasteiger partial charge is 0.193 e. The highest BCUT2D eigenvalue weighted by Crippen LogP contribution is 2.22. The molecule has 0 aromatic heterocycles. The molecular weight excluding hydrogens is 373 g/mol. The number of nitrogens with zero attached hydrogens (tertiary/aromatic N) is 2. The van der Waals surface area contributed by atoms with Crippen molar-refractivity contribution in [2.45, 2.75) is 19.3 Å². The molecule has 1 fully saturated rings. The second-order valence-electron chi connectivity index (χ2n) is 6.48. The minimum absolute atomic E-state index is 0.554. The summed E-state index contributed by atoms with van der Waals surface area (Å²) in [6.45, 7) is 4.95. The molecule has 0 radical (unpaired) electrons. The zero-order valence-corrected chi connectivity index (χ0v) is 17.2. The summed E-state index contributed by atoms with van der Waals surface area (Å²) in [7, 11) is 3.53. The van der Waals surface area contributed by atoms with E-state index >= 15 is 0 Å². The van der Waals surface area contributed by atoms with Gasteiger partial charge in [0.25, 0.3) is 0 Å². The molecule has 2 rings (SSSR count). The molecular formula is C19H29Cl2N3O2. The number of aliphatic imine (C=N–C) groups is 1. The number of benzene rings is 1. The number of hydrogen-bond acceptors (Lipinski definition) is 3. The molecule has 1 aliphatic rings. The number of rotatable bonds is 9. The van der Waals surface area contributed by atoms with Crippen molar-refractivity contribution >= 4 is 29.2 Å². The van der Waals surface area contributed by atoms with Gasteiger partial charge in [-0.25, -0.2) is 0 Å². The van der Waals surface area contributed by atoms with Crippen LogP contribution < -0.4 is 5.32 Å². The van der Waals surface area contributed by atoms with Crippen LogP contribution in [-0.2, 0) is 15.9 Å². The standard InChI is InChI=1S/C19H29Cl2N3O2/c1-22-19(24-9-7-15(13-24)14-26-11-10-25-2)23-8-3-4-16-5-6-17(20)12-18(16)21/h5-6,12,15H,3-4,7-11,13-14H2,1-2H3,(H,22,23). The molecule has 1 heterocycles. The van der Waals surface area contributed by atoms with Gasteiger partial charge >= 0.3 is 0 Å². The van der Waals surface area contributed by atoms with Crippen LogP contribution in [0.2, 0.25) is 10.0 Å². The molecule has 1 aromatic carbocycles. The van der Waals surface area contributed by atoms with Crippen LogP contribution in [0.4, 0.5) is 0 Å².